The number of aryl methyl sites for hydroxylation is 1. The van der Waals surface area contributed by atoms with Crippen molar-refractivity contribution in [2.75, 3.05) is 0 Å². The van der Waals surface area contributed by atoms with E-state index in [9.17, 15) is 8.78 Å². The number of halogens is 2. The maximum absolute atomic E-state index is 13.4. The molecule has 0 N–H and O–H groups in total. The van der Waals surface area contributed by atoms with Gasteiger partial charge in [-0.2, -0.15) is 15.0 Å². The van der Waals surface area contributed by atoms with Crippen molar-refractivity contribution in [1.82, 2.24) is 15.0 Å². The lowest BCUT2D eigenvalue weighted by molar-refractivity contribution is -0.148. The van der Waals surface area contributed by atoms with Crippen LogP contribution in [0.15, 0.2) is 6.20 Å². The summed E-state index contributed by atoms with van der Waals surface area (Å²) in [5.74, 6) is -2.25. The summed E-state index contributed by atoms with van der Waals surface area (Å²) in [4.78, 5) is 1.46. The number of hydrogen-bond donors (Lipinski definition) is 0. The number of alkyl halides is 2. The van der Waals surface area contributed by atoms with Gasteiger partial charge in [0.15, 0.2) is 0 Å². The molecule has 0 aromatic carbocycles. The highest BCUT2D eigenvalue weighted by molar-refractivity contribution is 5.23. The van der Waals surface area contributed by atoms with Crippen molar-refractivity contribution in [3.05, 3.63) is 11.9 Å². The van der Waals surface area contributed by atoms with Crippen LogP contribution in [0.5, 0.6) is 0 Å². The van der Waals surface area contributed by atoms with Crippen LogP contribution >= 0.6 is 0 Å². The molecule has 0 saturated heterocycles. The van der Waals surface area contributed by atoms with Crippen LogP contribution in [0.4, 0.5) is 8.78 Å². The second kappa shape index (κ2) is 4.59. The van der Waals surface area contributed by atoms with E-state index in [4.69, 9.17) is 0 Å². The SMILES string of the molecule is CCCC(CC)C1(c2cnn(C)n2)CC(F)(F)C1. The summed E-state index contributed by atoms with van der Waals surface area (Å²) in [5, 5.41) is 8.34. The summed E-state index contributed by atoms with van der Waals surface area (Å²) >= 11 is 0. The smallest absolute Gasteiger partial charge is 0.207 e. The molecule has 1 atom stereocenters. The van der Waals surface area contributed by atoms with Crippen molar-refractivity contribution in [1.29, 1.82) is 0 Å². The van der Waals surface area contributed by atoms with Crippen LogP contribution < -0.4 is 0 Å². The summed E-state index contributed by atoms with van der Waals surface area (Å²) in [6, 6.07) is 0. The first kappa shape index (κ1) is 13.4. The van der Waals surface area contributed by atoms with Gasteiger partial charge in [0.2, 0.25) is 5.92 Å². The molecule has 0 amide bonds. The predicted molar refractivity (Wildman–Crippen MR) is 65.6 cm³/mol. The summed E-state index contributed by atoms with van der Waals surface area (Å²) < 4.78 is 26.8. The molecule has 0 aliphatic heterocycles. The zero-order chi connectivity index (χ0) is 13.4. The van der Waals surface area contributed by atoms with Gasteiger partial charge in [0, 0.05) is 25.3 Å². The summed E-state index contributed by atoms with van der Waals surface area (Å²) in [5.41, 5.74) is 0.291. The zero-order valence-corrected chi connectivity index (χ0v) is 11.3. The standard InChI is InChI=1S/C13H21F2N3/c1-4-6-10(5-2)12(8-13(14,15)9-12)11-7-16-18(3)17-11/h7,10H,4-6,8-9H2,1-3H3. The van der Waals surface area contributed by atoms with Gasteiger partial charge in [-0.15, -0.1) is 0 Å². The maximum Gasteiger partial charge on any atom is 0.250 e. The van der Waals surface area contributed by atoms with Crippen LogP contribution in [0.3, 0.4) is 0 Å². The molecule has 0 radical (unpaired) electrons. The lowest BCUT2D eigenvalue weighted by atomic mass is 9.56. The Labute approximate surface area is 107 Å². The number of rotatable bonds is 5. The molecule has 18 heavy (non-hydrogen) atoms. The third-order valence-corrected chi connectivity index (χ3v) is 4.17. The fraction of sp³-hybridized carbons (Fsp3) is 0.846. The van der Waals surface area contributed by atoms with Gasteiger partial charge in [-0.3, -0.25) is 0 Å². The van der Waals surface area contributed by atoms with Crippen molar-refractivity contribution in [2.45, 2.75) is 57.3 Å². The molecular weight excluding hydrogens is 236 g/mol. The first-order valence-corrected chi connectivity index (χ1v) is 6.68. The number of nitrogens with zero attached hydrogens (tertiary/aromatic N) is 3. The topological polar surface area (TPSA) is 30.7 Å². The van der Waals surface area contributed by atoms with Gasteiger partial charge in [0.25, 0.3) is 0 Å². The van der Waals surface area contributed by atoms with Crippen molar-refractivity contribution in [2.24, 2.45) is 13.0 Å². The minimum absolute atomic E-state index is 0.0722. The number of aromatic nitrogens is 3. The molecule has 1 aromatic heterocycles. The van der Waals surface area contributed by atoms with Gasteiger partial charge in [0.05, 0.1) is 11.9 Å². The number of hydrogen-bond acceptors (Lipinski definition) is 2. The molecule has 102 valence electrons. The Balaban J connectivity index is 2.30. The van der Waals surface area contributed by atoms with Crippen molar-refractivity contribution in [3.63, 3.8) is 0 Å². The molecule has 1 saturated carbocycles. The summed E-state index contributed by atoms with van der Waals surface area (Å²) in [6.07, 6.45) is 4.43. The van der Waals surface area contributed by atoms with Gasteiger partial charge >= 0.3 is 0 Å². The van der Waals surface area contributed by atoms with Gasteiger partial charge in [-0.05, 0) is 12.3 Å². The molecule has 1 aliphatic rings. The molecule has 1 heterocycles. The van der Waals surface area contributed by atoms with E-state index in [0.29, 0.717) is 0 Å². The fourth-order valence-electron chi connectivity index (χ4n) is 3.34. The largest absolute Gasteiger partial charge is 0.250 e. The maximum atomic E-state index is 13.4. The predicted octanol–water partition coefficient (Wildman–Crippen LogP) is 3.31. The van der Waals surface area contributed by atoms with Gasteiger partial charge in [-0.1, -0.05) is 26.7 Å². The van der Waals surface area contributed by atoms with E-state index in [0.717, 1.165) is 25.0 Å². The van der Waals surface area contributed by atoms with Gasteiger partial charge in [0.1, 0.15) is 0 Å². The van der Waals surface area contributed by atoms with Crippen LogP contribution in [-0.4, -0.2) is 20.9 Å². The minimum atomic E-state index is -2.53. The van der Waals surface area contributed by atoms with Gasteiger partial charge in [-0.25, -0.2) is 8.78 Å². The van der Waals surface area contributed by atoms with Crippen molar-refractivity contribution in [3.8, 4) is 0 Å². The van der Waals surface area contributed by atoms with E-state index in [1.165, 1.54) is 4.80 Å². The highest BCUT2D eigenvalue weighted by Crippen LogP contribution is 2.58. The lowest BCUT2D eigenvalue weighted by Gasteiger charge is -2.51. The molecule has 1 aromatic rings. The Hall–Kier alpha value is -1.00. The van der Waals surface area contributed by atoms with Crippen LogP contribution in [0, 0.1) is 5.92 Å². The van der Waals surface area contributed by atoms with E-state index in [1.54, 1.807) is 13.2 Å². The molecule has 1 aliphatic carbocycles. The summed E-state index contributed by atoms with van der Waals surface area (Å²) in [7, 11) is 1.73. The lowest BCUT2D eigenvalue weighted by Crippen LogP contribution is -2.54. The Morgan fingerprint density at radius 3 is 2.44 bits per heavy atom. The van der Waals surface area contributed by atoms with Crippen LogP contribution in [-0.2, 0) is 12.5 Å². The molecule has 0 spiro atoms. The van der Waals surface area contributed by atoms with Crippen molar-refractivity contribution < 1.29 is 8.78 Å². The zero-order valence-electron chi connectivity index (χ0n) is 11.3. The van der Waals surface area contributed by atoms with Crippen LogP contribution in [0.1, 0.15) is 51.6 Å². The molecule has 5 heteroatoms. The molecular formula is C13H21F2N3. The Morgan fingerprint density at radius 1 is 1.39 bits per heavy atom. The Morgan fingerprint density at radius 2 is 2.06 bits per heavy atom. The van der Waals surface area contributed by atoms with Crippen LogP contribution in [0.2, 0.25) is 0 Å². The minimum Gasteiger partial charge on any atom is -0.207 e. The monoisotopic (exact) mass is 257 g/mol. The second-order valence-electron chi connectivity index (χ2n) is 5.48. The van der Waals surface area contributed by atoms with E-state index in [1.807, 2.05) is 0 Å². The molecule has 2 rings (SSSR count). The summed E-state index contributed by atoms with van der Waals surface area (Å²) in [6.45, 7) is 4.18. The fourth-order valence-corrected chi connectivity index (χ4v) is 3.34. The molecule has 1 unspecified atom stereocenters. The average molecular weight is 257 g/mol. The highest BCUT2D eigenvalue weighted by Gasteiger charge is 2.61. The van der Waals surface area contributed by atoms with Crippen LogP contribution in [0.25, 0.3) is 0 Å². The first-order chi connectivity index (χ1) is 8.43. The second-order valence-corrected chi connectivity index (χ2v) is 5.48. The van der Waals surface area contributed by atoms with Crippen molar-refractivity contribution >= 4 is 0 Å². The molecule has 0 bridgehead atoms. The van der Waals surface area contributed by atoms with Gasteiger partial charge < -0.3 is 0 Å². The van der Waals surface area contributed by atoms with E-state index in [-0.39, 0.29) is 18.8 Å². The van der Waals surface area contributed by atoms with E-state index >= 15 is 0 Å². The quantitative estimate of drug-likeness (QED) is 0.810. The first-order valence-electron chi connectivity index (χ1n) is 6.68. The average Bonchev–Trinajstić information content (AvgIpc) is 2.69. The molecule has 1 fully saturated rings. The third-order valence-electron chi connectivity index (χ3n) is 4.17. The highest BCUT2D eigenvalue weighted by atomic mass is 19.3. The molecule has 3 nitrogen and oxygen atoms in total. The third kappa shape index (κ3) is 2.15. The Kier molecular flexibility index (Phi) is 3.43. The van der Waals surface area contributed by atoms with E-state index in [2.05, 4.69) is 24.0 Å². The Bertz CT molecular complexity index is 406. The van der Waals surface area contributed by atoms with E-state index < -0.39 is 11.3 Å². The normalized spacial score (nSPS) is 22.5.